The van der Waals surface area contributed by atoms with E-state index in [0.717, 1.165) is 46.8 Å². The topological polar surface area (TPSA) is 70.6 Å². The first-order chi connectivity index (χ1) is 13.9. The molecule has 140 valence electrons. The van der Waals surface area contributed by atoms with Crippen molar-refractivity contribution in [2.75, 3.05) is 18.0 Å². The third kappa shape index (κ3) is 2.55. The van der Waals surface area contributed by atoms with E-state index in [0.29, 0.717) is 5.92 Å². The summed E-state index contributed by atoms with van der Waals surface area (Å²) in [5.41, 5.74) is 4.16. The van der Waals surface area contributed by atoms with E-state index >= 15 is 0 Å². The zero-order valence-electron chi connectivity index (χ0n) is 15.7. The van der Waals surface area contributed by atoms with E-state index in [-0.39, 0.29) is 0 Å². The van der Waals surface area contributed by atoms with Gasteiger partial charge in [-0.25, -0.2) is 15.0 Å². The Labute approximate surface area is 163 Å². The molecule has 0 aromatic carbocycles. The van der Waals surface area contributed by atoms with Crippen molar-refractivity contribution < 1.29 is 0 Å². The van der Waals surface area contributed by atoms with Gasteiger partial charge in [-0.1, -0.05) is 0 Å². The maximum Gasteiger partial charge on any atom is 0.163 e. The minimum atomic E-state index is 0.617. The van der Waals surface area contributed by atoms with Crippen molar-refractivity contribution in [1.82, 2.24) is 24.9 Å². The van der Waals surface area contributed by atoms with Crippen LogP contribution in [0.4, 0.5) is 5.82 Å². The summed E-state index contributed by atoms with van der Waals surface area (Å²) in [5.74, 6) is 2.46. The van der Waals surface area contributed by atoms with E-state index in [2.05, 4.69) is 19.9 Å². The molecule has 5 heterocycles. The number of H-pyrrole nitrogens is 1. The predicted molar refractivity (Wildman–Crippen MR) is 110 cm³/mol. The summed E-state index contributed by atoms with van der Waals surface area (Å²) in [5, 5.41) is 2.26. The molecule has 0 spiro atoms. The average Bonchev–Trinajstić information content (AvgIpc) is 3.49. The first kappa shape index (κ1) is 16.0. The van der Waals surface area contributed by atoms with Crippen molar-refractivity contribution in [2.24, 2.45) is 0 Å². The summed E-state index contributed by atoms with van der Waals surface area (Å²) in [4.78, 5) is 24.7. The molecule has 0 amide bonds. The fraction of sp³-hybridized carbons (Fsp3) is 0.364. The molecule has 1 saturated carbocycles. The molecule has 6 heteroatoms. The van der Waals surface area contributed by atoms with Crippen LogP contribution in [-0.2, 0) is 0 Å². The van der Waals surface area contributed by atoms with Crippen LogP contribution in [0, 0.1) is 0 Å². The molecular weight excluding hydrogens is 348 g/mol. The van der Waals surface area contributed by atoms with Gasteiger partial charge >= 0.3 is 0 Å². The Morgan fingerprint density at radius 2 is 1.89 bits per heavy atom. The number of fused-ring (bicyclic) bond motifs is 2. The molecule has 0 radical (unpaired) electrons. The third-order valence-corrected chi connectivity index (χ3v) is 5.99. The fourth-order valence-corrected chi connectivity index (χ4v) is 4.40. The summed E-state index contributed by atoms with van der Waals surface area (Å²) in [7, 11) is 0. The van der Waals surface area contributed by atoms with Crippen LogP contribution in [0.2, 0.25) is 0 Å². The Morgan fingerprint density at radius 3 is 2.75 bits per heavy atom. The first-order valence-electron chi connectivity index (χ1n) is 10.2. The standard InChI is InChI=1S/C22H22N6/c1-2-10-28(11-3-1)22-19-17(14-4-5-14)12-23-13-18(19)26-21(27-22)16-7-9-25-20-15(16)6-8-24-20/h6-9,12-14H,1-5,10-11H2,(H,24,25). The van der Waals surface area contributed by atoms with Crippen molar-refractivity contribution in [3.05, 3.63) is 42.5 Å². The predicted octanol–water partition coefficient (Wildman–Crippen LogP) is 4.44. The van der Waals surface area contributed by atoms with Crippen LogP contribution in [0.1, 0.15) is 43.6 Å². The molecule has 1 saturated heterocycles. The Kier molecular flexibility index (Phi) is 3.57. The van der Waals surface area contributed by atoms with Crippen molar-refractivity contribution in [2.45, 2.75) is 38.0 Å². The van der Waals surface area contributed by atoms with Gasteiger partial charge in [-0.2, -0.15) is 0 Å². The van der Waals surface area contributed by atoms with Gasteiger partial charge in [0.2, 0.25) is 0 Å². The summed E-state index contributed by atoms with van der Waals surface area (Å²) < 4.78 is 0. The van der Waals surface area contributed by atoms with Crippen molar-refractivity contribution in [1.29, 1.82) is 0 Å². The number of rotatable bonds is 3. The number of hydrogen-bond acceptors (Lipinski definition) is 5. The van der Waals surface area contributed by atoms with Gasteiger partial charge in [-0.05, 0) is 55.7 Å². The molecule has 2 fully saturated rings. The second kappa shape index (κ2) is 6.26. The smallest absolute Gasteiger partial charge is 0.163 e. The minimum absolute atomic E-state index is 0.617. The SMILES string of the molecule is c1cc(-c2nc(N3CCCCC3)c3c(C4CC4)cncc3n2)c2cc[nH]c2n1. The van der Waals surface area contributed by atoms with E-state index < -0.39 is 0 Å². The second-order valence-electron chi connectivity index (χ2n) is 7.91. The molecule has 6 nitrogen and oxygen atoms in total. The minimum Gasteiger partial charge on any atom is -0.356 e. The monoisotopic (exact) mass is 370 g/mol. The van der Waals surface area contributed by atoms with E-state index in [1.807, 2.05) is 36.9 Å². The molecule has 1 aliphatic carbocycles. The Hall–Kier alpha value is -3.02. The fourth-order valence-electron chi connectivity index (χ4n) is 4.40. The number of nitrogens with one attached hydrogen (secondary N) is 1. The molecule has 0 bridgehead atoms. The highest BCUT2D eigenvalue weighted by atomic mass is 15.2. The normalized spacial score (nSPS) is 17.5. The molecule has 0 atom stereocenters. The number of piperidine rings is 1. The van der Waals surface area contributed by atoms with Gasteiger partial charge in [0.1, 0.15) is 11.5 Å². The third-order valence-electron chi connectivity index (χ3n) is 5.99. The maximum atomic E-state index is 5.14. The van der Waals surface area contributed by atoms with Gasteiger partial charge in [0.05, 0.1) is 11.7 Å². The molecular formula is C22H22N6. The summed E-state index contributed by atoms with van der Waals surface area (Å²) in [6.45, 7) is 2.13. The van der Waals surface area contributed by atoms with E-state index in [1.54, 1.807) is 0 Å². The lowest BCUT2D eigenvalue weighted by Gasteiger charge is -2.29. The van der Waals surface area contributed by atoms with Gasteiger partial charge < -0.3 is 9.88 Å². The maximum absolute atomic E-state index is 5.14. The van der Waals surface area contributed by atoms with Crippen LogP contribution in [-0.4, -0.2) is 38.0 Å². The Morgan fingerprint density at radius 1 is 1.00 bits per heavy atom. The van der Waals surface area contributed by atoms with Gasteiger partial charge in [0.15, 0.2) is 5.82 Å². The highest BCUT2D eigenvalue weighted by Crippen LogP contribution is 2.45. The molecule has 4 aromatic heterocycles. The molecule has 1 N–H and O–H groups in total. The summed E-state index contributed by atoms with van der Waals surface area (Å²) >= 11 is 0. The Bertz CT molecular complexity index is 1170. The van der Waals surface area contributed by atoms with Gasteiger partial charge in [-0.15, -0.1) is 0 Å². The lowest BCUT2D eigenvalue weighted by molar-refractivity contribution is 0.574. The van der Waals surface area contributed by atoms with Gasteiger partial charge in [0, 0.05) is 48.0 Å². The molecule has 2 aliphatic rings. The van der Waals surface area contributed by atoms with Crippen molar-refractivity contribution in [3.63, 3.8) is 0 Å². The number of hydrogen-bond donors (Lipinski definition) is 1. The largest absolute Gasteiger partial charge is 0.356 e. The van der Waals surface area contributed by atoms with Gasteiger partial charge in [-0.3, -0.25) is 4.98 Å². The number of aromatic nitrogens is 5. The van der Waals surface area contributed by atoms with Crippen LogP contribution in [0.25, 0.3) is 33.3 Å². The van der Waals surface area contributed by atoms with E-state index in [4.69, 9.17) is 9.97 Å². The first-order valence-corrected chi connectivity index (χ1v) is 10.2. The van der Waals surface area contributed by atoms with Crippen molar-refractivity contribution >= 4 is 27.8 Å². The molecule has 1 aliphatic heterocycles. The summed E-state index contributed by atoms with van der Waals surface area (Å²) in [6.07, 6.45) is 13.9. The Balaban J connectivity index is 1.62. The van der Waals surface area contributed by atoms with Crippen LogP contribution in [0.15, 0.2) is 36.9 Å². The van der Waals surface area contributed by atoms with Crippen LogP contribution in [0.5, 0.6) is 0 Å². The highest BCUT2D eigenvalue weighted by Gasteiger charge is 2.29. The number of nitrogens with zero attached hydrogens (tertiary/aromatic N) is 5. The number of anilines is 1. The molecule has 28 heavy (non-hydrogen) atoms. The second-order valence-corrected chi connectivity index (χ2v) is 7.91. The average molecular weight is 370 g/mol. The number of pyridine rings is 2. The van der Waals surface area contributed by atoms with Crippen LogP contribution >= 0.6 is 0 Å². The van der Waals surface area contributed by atoms with E-state index in [9.17, 15) is 0 Å². The number of aromatic amines is 1. The van der Waals surface area contributed by atoms with Crippen LogP contribution < -0.4 is 4.90 Å². The molecule has 0 unspecified atom stereocenters. The zero-order chi connectivity index (χ0) is 18.5. The van der Waals surface area contributed by atoms with Crippen molar-refractivity contribution in [3.8, 4) is 11.4 Å². The quantitative estimate of drug-likeness (QED) is 0.577. The van der Waals surface area contributed by atoms with Crippen LogP contribution in [0.3, 0.4) is 0 Å². The van der Waals surface area contributed by atoms with E-state index in [1.165, 1.54) is 43.1 Å². The molecule has 6 rings (SSSR count). The summed E-state index contributed by atoms with van der Waals surface area (Å²) in [6, 6.07) is 4.06. The lowest BCUT2D eigenvalue weighted by Crippen LogP contribution is -2.30. The molecule has 4 aromatic rings. The lowest BCUT2D eigenvalue weighted by atomic mass is 10.0. The highest BCUT2D eigenvalue weighted by molar-refractivity contribution is 5.97. The zero-order valence-corrected chi connectivity index (χ0v) is 15.7. The van der Waals surface area contributed by atoms with Gasteiger partial charge in [0.25, 0.3) is 0 Å².